The zero-order chi connectivity index (χ0) is 13.7. The second-order valence-corrected chi connectivity index (χ2v) is 5.72. The van der Waals surface area contributed by atoms with Crippen LogP contribution in [0.1, 0.15) is 32.3 Å². The van der Waals surface area contributed by atoms with Crippen LogP contribution in [0.15, 0.2) is 42.5 Å². The summed E-state index contributed by atoms with van der Waals surface area (Å²) < 4.78 is 0. The van der Waals surface area contributed by atoms with Crippen molar-refractivity contribution in [3.8, 4) is 0 Å². The molecular weight excluding hydrogens is 254 g/mol. The van der Waals surface area contributed by atoms with Crippen LogP contribution in [0.4, 0.5) is 0 Å². The zero-order valence-corrected chi connectivity index (χ0v) is 12.5. The highest BCUT2D eigenvalue weighted by Gasteiger charge is 2.20. The average molecular weight is 276 g/mol. The fraction of sp³-hybridized carbons (Fsp3) is 0.412. The maximum absolute atomic E-state index is 5.90. The molecular formula is C17H22ClN. The monoisotopic (exact) mass is 275 g/mol. The lowest BCUT2D eigenvalue weighted by Gasteiger charge is -2.29. The number of nitrogens with one attached hydrogen (secondary N) is 1. The molecule has 2 rings (SSSR count). The van der Waals surface area contributed by atoms with E-state index in [2.05, 4.69) is 61.6 Å². The number of hydrogen-bond acceptors (Lipinski definition) is 1. The van der Waals surface area contributed by atoms with Crippen molar-refractivity contribution in [2.45, 2.75) is 38.8 Å². The molecule has 19 heavy (non-hydrogen) atoms. The normalized spacial score (nSPS) is 14.5. The molecule has 0 saturated carbocycles. The van der Waals surface area contributed by atoms with Crippen LogP contribution in [0.25, 0.3) is 10.8 Å². The Bertz CT molecular complexity index is 532. The minimum atomic E-state index is 0.124. The fourth-order valence-corrected chi connectivity index (χ4v) is 2.77. The molecule has 1 unspecified atom stereocenters. The van der Waals surface area contributed by atoms with E-state index in [4.69, 9.17) is 11.6 Å². The molecule has 102 valence electrons. The number of fused-ring (bicyclic) bond motifs is 1. The molecule has 0 heterocycles. The molecule has 0 aliphatic rings. The molecule has 2 aromatic rings. The van der Waals surface area contributed by atoms with Crippen LogP contribution in [-0.4, -0.2) is 11.4 Å². The molecule has 1 nitrogen and oxygen atoms in total. The smallest absolute Gasteiger partial charge is 0.0240 e. The molecule has 0 spiro atoms. The summed E-state index contributed by atoms with van der Waals surface area (Å²) in [5.74, 6) is 0.701. The summed E-state index contributed by atoms with van der Waals surface area (Å²) >= 11 is 5.90. The summed E-state index contributed by atoms with van der Waals surface area (Å²) in [5.41, 5.74) is 1.48. The zero-order valence-electron chi connectivity index (χ0n) is 11.7. The van der Waals surface area contributed by atoms with Gasteiger partial charge in [-0.05, 0) is 36.1 Å². The van der Waals surface area contributed by atoms with Crippen LogP contribution < -0.4 is 5.32 Å². The van der Waals surface area contributed by atoms with E-state index in [1.807, 2.05) is 0 Å². The molecule has 0 amide bonds. The molecule has 0 radical (unpaired) electrons. The van der Waals surface area contributed by atoms with Gasteiger partial charge >= 0.3 is 0 Å². The minimum absolute atomic E-state index is 0.124. The van der Waals surface area contributed by atoms with Gasteiger partial charge in [-0.2, -0.15) is 0 Å². The molecule has 0 aromatic heterocycles. The highest BCUT2D eigenvalue weighted by atomic mass is 35.5. The molecule has 2 heteroatoms. The van der Waals surface area contributed by atoms with Gasteiger partial charge in [0.15, 0.2) is 0 Å². The van der Waals surface area contributed by atoms with Gasteiger partial charge < -0.3 is 5.32 Å². The minimum Gasteiger partial charge on any atom is -0.307 e. The Morgan fingerprint density at radius 2 is 1.84 bits per heavy atom. The van der Waals surface area contributed by atoms with Crippen molar-refractivity contribution < 1.29 is 0 Å². The van der Waals surface area contributed by atoms with Crippen molar-refractivity contribution in [3.63, 3.8) is 0 Å². The Balaban J connectivity index is 2.17. The largest absolute Gasteiger partial charge is 0.307 e. The Kier molecular flexibility index (Phi) is 4.84. The van der Waals surface area contributed by atoms with Crippen LogP contribution in [0.2, 0.25) is 0 Å². The Morgan fingerprint density at radius 3 is 2.58 bits per heavy atom. The second-order valence-electron chi connectivity index (χ2n) is 5.35. The van der Waals surface area contributed by atoms with Gasteiger partial charge in [0, 0.05) is 18.0 Å². The molecule has 0 aliphatic heterocycles. The molecule has 2 aromatic carbocycles. The van der Waals surface area contributed by atoms with E-state index in [1.165, 1.54) is 16.3 Å². The van der Waals surface area contributed by atoms with Crippen molar-refractivity contribution in [2.75, 3.05) is 5.88 Å². The third-order valence-corrected chi connectivity index (χ3v) is 4.20. The summed E-state index contributed by atoms with van der Waals surface area (Å²) in [6, 6.07) is 15.0. The van der Waals surface area contributed by atoms with Gasteiger partial charge in [0.2, 0.25) is 0 Å². The van der Waals surface area contributed by atoms with Gasteiger partial charge in [0.1, 0.15) is 0 Å². The fourth-order valence-electron chi connectivity index (χ4n) is 2.35. The molecule has 0 bridgehead atoms. The van der Waals surface area contributed by atoms with Crippen LogP contribution in [0.5, 0.6) is 0 Å². The quantitative estimate of drug-likeness (QED) is 0.752. The Labute approximate surface area is 121 Å². The van der Waals surface area contributed by atoms with E-state index in [0.29, 0.717) is 5.88 Å². The summed E-state index contributed by atoms with van der Waals surface area (Å²) in [4.78, 5) is 0. The van der Waals surface area contributed by atoms with Gasteiger partial charge in [-0.3, -0.25) is 0 Å². The summed E-state index contributed by atoms with van der Waals surface area (Å²) in [6.45, 7) is 5.35. The second kappa shape index (κ2) is 6.40. The molecule has 1 atom stereocenters. The van der Waals surface area contributed by atoms with Crippen molar-refractivity contribution >= 4 is 22.4 Å². The number of rotatable bonds is 6. The van der Waals surface area contributed by atoms with E-state index >= 15 is 0 Å². The first kappa shape index (κ1) is 14.4. The van der Waals surface area contributed by atoms with Crippen LogP contribution >= 0.6 is 11.6 Å². The van der Waals surface area contributed by atoms with Gasteiger partial charge in [0.05, 0.1) is 0 Å². The topological polar surface area (TPSA) is 12.0 Å². The van der Waals surface area contributed by atoms with Crippen LogP contribution in [-0.2, 0) is 6.54 Å². The predicted molar refractivity (Wildman–Crippen MR) is 84.8 cm³/mol. The van der Waals surface area contributed by atoms with E-state index < -0.39 is 0 Å². The van der Waals surface area contributed by atoms with Crippen LogP contribution in [0, 0.1) is 0 Å². The molecule has 0 aliphatic carbocycles. The van der Waals surface area contributed by atoms with Crippen molar-refractivity contribution in [3.05, 3.63) is 48.0 Å². The highest BCUT2D eigenvalue weighted by Crippen LogP contribution is 2.21. The van der Waals surface area contributed by atoms with Gasteiger partial charge in [-0.25, -0.2) is 0 Å². The summed E-state index contributed by atoms with van der Waals surface area (Å²) in [7, 11) is 0. The number of benzene rings is 2. The third-order valence-electron chi connectivity index (χ3n) is 4.01. The van der Waals surface area contributed by atoms with Gasteiger partial charge in [-0.15, -0.1) is 11.6 Å². The van der Waals surface area contributed by atoms with E-state index in [1.54, 1.807) is 0 Å². The summed E-state index contributed by atoms with van der Waals surface area (Å²) in [5, 5.41) is 6.31. The van der Waals surface area contributed by atoms with Gasteiger partial charge in [-0.1, -0.05) is 49.4 Å². The number of hydrogen-bond donors (Lipinski definition) is 1. The maximum atomic E-state index is 5.90. The molecule has 0 fully saturated rings. The maximum Gasteiger partial charge on any atom is 0.0240 e. The first-order chi connectivity index (χ1) is 9.18. The first-order valence-electron chi connectivity index (χ1n) is 6.96. The molecule has 1 N–H and O–H groups in total. The van der Waals surface area contributed by atoms with E-state index in [9.17, 15) is 0 Å². The third kappa shape index (κ3) is 3.49. The van der Waals surface area contributed by atoms with Crippen molar-refractivity contribution in [2.24, 2.45) is 0 Å². The first-order valence-corrected chi connectivity index (χ1v) is 7.49. The number of halogens is 1. The Hall–Kier alpha value is -1.05. The lowest BCUT2D eigenvalue weighted by atomic mass is 9.94. The SMILES string of the molecule is CCC(C)(CCCl)NCc1cccc2ccccc12. The average Bonchev–Trinajstić information content (AvgIpc) is 2.45. The van der Waals surface area contributed by atoms with E-state index in [-0.39, 0.29) is 5.54 Å². The Morgan fingerprint density at radius 1 is 1.11 bits per heavy atom. The number of alkyl halides is 1. The highest BCUT2D eigenvalue weighted by molar-refractivity contribution is 6.17. The lowest BCUT2D eigenvalue weighted by molar-refractivity contribution is 0.331. The van der Waals surface area contributed by atoms with Crippen LogP contribution in [0.3, 0.4) is 0 Å². The lowest BCUT2D eigenvalue weighted by Crippen LogP contribution is -2.41. The van der Waals surface area contributed by atoms with Gasteiger partial charge in [0.25, 0.3) is 0 Å². The molecule has 0 saturated heterocycles. The summed E-state index contributed by atoms with van der Waals surface area (Å²) in [6.07, 6.45) is 2.08. The van der Waals surface area contributed by atoms with E-state index in [0.717, 1.165) is 19.4 Å². The van der Waals surface area contributed by atoms with Crippen molar-refractivity contribution in [1.82, 2.24) is 5.32 Å². The van der Waals surface area contributed by atoms with Crippen molar-refractivity contribution in [1.29, 1.82) is 0 Å². The predicted octanol–water partition coefficient (Wildman–Crippen LogP) is 4.73. The standard InChI is InChI=1S/C17H22ClN/c1-3-17(2,11-12-18)19-13-15-9-6-8-14-7-4-5-10-16(14)15/h4-10,19H,3,11-13H2,1-2H3.